The quantitative estimate of drug-likeness (QED) is 0.476. The van der Waals surface area contributed by atoms with Crippen LogP contribution < -0.4 is 0 Å². The van der Waals surface area contributed by atoms with Gasteiger partial charge >= 0.3 is 6.09 Å². The zero-order valence-electron chi connectivity index (χ0n) is 20.5. The van der Waals surface area contributed by atoms with Crippen LogP contribution in [0, 0.1) is 5.92 Å². The summed E-state index contributed by atoms with van der Waals surface area (Å²) in [7, 11) is 1.75. The van der Waals surface area contributed by atoms with Gasteiger partial charge in [0.05, 0.1) is 6.04 Å². The van der Waals surface area contributed by atoms with Crippen molar-refractivity contribution < 1.29 is 14.3 Å². The summed E-state index contributed by atoms with van der Waals surface area (Å²) >= 11 is 0. The van der Waals surface area contributed by atoms with Gasteiger partial charge in [-0.1, -0.05) is 54.1 Å². The summed E-state index contributed by atoms with van der Waals surface area (Å²) in [5.41, 5.74) is 3.55. The molecule has 3 aliphatic rings. The van der Waals surface area contributed by atoms with Crippen LogP contribution in [0.3, 0.4) is 0 Å². The van der Waals surface area contributed by atoms with E-state index in [-0.39, 0.29) is 12.0 Å². The first kappa shape index (κ1) is 23.6. The molecule has 1 fully saturated rings. The maximum absolute atomic E-state index is 13.1. The number of amides is 1. The molecule has 1 heterocycles. The lowest BCUT2D eigenvalue weighted by Crippen LogP contribution is -2.41. The van der Waals surface area contributed by atoms with Crippen molar-refractivity contribution in [3.63, 3.8) is 0 Å². The standard InChI is InChI=1S/C28H38N2O3/c1-28(2,3)33-27(31)30(24-14-15-24)20-23-19-29(16-9-17-32-4)25-13-8-12-22(26(23)25)18-21-10-6-5-7-11-21/h5-8,10-13,19,24-26H,9,14-18,20H2,1-4H3. The first-order valence-corrected chi connectivity index (χ1v) is 12.2. The zero-order chi connectivity index (χ0) is 23.4. The molecule has 0 aromatic heterocycles. The molecule has 0 bridgehead atoms. The number of carbonyl (C=O) groups is 1. The first-order chi connectivity index (χ1) is 15.9. The molecule has 2 atom stereocenters. The van der Waals surface area contributed by atoms with Crippen LogP contribution in [-0.2, 0) is 15.9 Å². The average Bonchev–Trinajstić information content (AvgIpc) is 3.54. The van der Waals surface area contributed by atoms with Crippen LogP contribution in [0.25, 0.3) is 0 Å². The molecule has 0 N–H and O–H groups in total. The maximum Gasteiger partial charge on any atom is 0.410 e. The molecule has 1 aromatic carbocycles. The highest BCUT2D eigenvalue weighted by atomic mass is 16.6. The van der Waals surface area contributed by atoms with Crippen LogP contribution in [-0.4, -0.2) is 60.4 Å². The number of hydrogen-bond acceptors (Lipinski definition) is 4. The average molecular weight is 451 g/mol. The van der Waals surface area contributed by atoms with Crippen molar-refractivity contribution in [3.8, 4) is 0 Å². The number of carbonyl (C=O) groups excluding carboxylic acids is 1. The van der Waals surface area contributed by atoms with E-state index in [1.807, 2.05) is 25.7 Å². The van der Waals surface area contributed by atoms with Crippen molar-refractivity contribution >= 4 is 6.09 Å². The van der Waals surface area contributed by atoms with Crippen molar-refractivity contribution in [2.75, 3.05) is 26.8 Å². The Kier molecular flexibility index (Phi) is 7.28. The van der Waals surface area contributed by atoms with Gasteiger partial charge in [0.2, 0.25) is 0 Å². The van der Waals surface area contributed by atoms with Gasteiger partial charge in [-0.15, -0.1) is 0 Å². The second kappa shape index (κ2) is 10.2. The summed E-state index contributed by atoms with van der Waals surface area (Å²) in [6.45, 7) is 8.12. The molecule has 0 spiro atoms. The van der Waals surface area contributed by atoms with Gasteiger partial charge < -0.3 is 19.3 Å². The van der Waals surface area contributed by atoms with Gasteiger partial charge in [-0.2, -0.15) is 0 Å². The summed E-state index contributed by atoms with van der Waals surface area (Å²) in [4.78, 5) is 17.5. The molecule has 1 aromatic rings. The second-order valence-corrected chi connectivity index (χ2v) is 10.4. The predicted octanol–water partition coefficient (Wildman–Crippen LogP) is 5.35. The van der Waals surface area contributed by atoms with E-state index in [9.17, 15) is 4.79 Å². The topological polar surface area (TPSA) is 42.0 Å². The number of nitrogens with zero attached hydrogens (tertiary/aromatic N) is 2. The number of methoxy groups -OCH3 is 1. The Balaban J connectivity index is 1.57. The van der Waals surface area contributed by atoms with Crippen molar-refractivity contribution in [2.45, 2.75) is 64.1 Å². The Labute approximate surface area is 198 Å². The molecular formula is C28H38N2O3. The summed E-state index contributed by atoms with van der Waals surface area (Å²) in [5, 5.41) is 0. The molecule has 2 aliphatic carbocycles. The molecule has 178 valence electrons. The molecule has 33 heavy (non-hydrogen) atoms. The highest BCUT2D eigenvalue weighted by Crippen LogP contribution is 2.40. The van der Waals surface area contributed by atoms with Crippen LogP contribution in [0.5, 0.6) is 0 Å². The third-order valence-corrected chi connectivity index (χ3v) is 6.46. The van der Waals surface area contributed by atoms with Gasteiger partial charge in [0.25, 0.3) is 0 Å². The normalized spacial score (nSPS) is 22.0. The minimum Gasteiger partial charge on any atom is -0.444 e. The lowest BCUT2D eigenvalue weighted by Gasteiger charge is -2.33. The fraction of sp³-hybridized carbons (Fsp3) is 0.536. The molecule has 1 saturated carbocycles. The Morgan fingerprint density at radius 1 is 1.15 bits per heavy atom. The molecular weight excluding hydrogens is 412 g/mol. The smallest absolute Gasteiger partial charge is 0.410 e. The molecule has 5 heteroatoms. The van der Waals surface area contributed by atoms with E-state index in [0.29, 0.717) is 18.6 Å². The fourth-order valence-corrected chi connectivity index (χ4v) is 4.86. The zero-order valence-corrected chi connectivity index (χ0v) is 20.5. The van der Waals surface area contributed by atoms with Gasteiger partial charge in [0, 0.05) is 45.0 Å². The summed E-state index contributed by atoms with van der Waals surface area (Å²) < 4.78 is 11.1. The largest absolute Gasteiger partial charge is 0.444 e. The van der Waals surface area contributed by atoms with E-state index in [1.165, 1.54) is 16.7 Å². The summed E-state index contributed by atoms with van der Waals surface area (Å²) in [6.07, 6.45) is 12.9. The number of benzene rings is 1. The highest BCUT2D eigenvalue weighted by Gasteiger charge is 2.41. The number of rotatable bonds is 9. The Morgan fingerprint density at radius 3 is 2.58 bits per heavy atom. The van der Waals surface area contributed by atoms with E-state index < -0.39 is 5.60 Å². The molecule has 5 nitrogen and oxygen atoms in total. The predicted molar refractivity (Wildman–Crippen MR) is 132 cm³/mol. The Morgan fingerprint density at radius 2 is 1.91 bits per heavy atom. The van der Waals surface area contributed by atoms with Crippen molar-refractivity contribution in [3.05, 3.63) is 71.5 Å². The van der Waals surface area contributed by atoms with Crippen molar-refractivity contribution in [1.82, 2.24) is 9.80 Å². The third kappa shape index (κ3) is 6.08. The van der Waals surface area contributed by atoms with Crippen molar-refractivity contribution in [2.24, 2.45) is 5.92 Å². The van der Waals surface area contributed by atoms with E-state index in [4.69, 9.17) is 9.47 Å². The Bertz CT molecular complexity index is 909. The maximum atomic E-state index is 13.1. The van der Waals surface area contributed by atoms with Gasteiger partial charge in [0.1, 0.15) is 5.60 Å². The third-order valence-electron chi connectivity index (χ3n) is 6.46. The van der Waals surface area contributed by atoms with Crippen LogP contribution in [0.1, 0.15) is 45.6 Å². The molecule has 2 unspecified atom stereocenters. The van der Waals surface area contributed by atoms with E-state index >= 15 is 0 Å². The molecule has 0 saturated heterocycles. The van der Waals surface area contributed by atoms with Crippen LogP contribution in [0.2, 0.25) is 0 Å². The van der Waals surface area contributed by atoms with Crippen LogP contribution >= 0.6 is 0 Å². The Hall–Kier alpha value is -2.53. The molecule has 0 radical (unpaired) electrons. The minimum atomic E-state index is -0.491. The molecule has 4 rings (SSSR count). The van der Waals surface area contributed by atoms with Crippen molar-refractivity contribution in [1.29, 1.82) is 0 Å². The molecule has 1 aliphatic heterocycles. The second-order valence-electron chi connectivity index (χ2n) is 10.4. The SMILES string of the molecule is COCCCN1C=C(CN(C(=O)OC(C)(C)C)C2CC2)C2C(Cc3ccccc3)=CC=CC21. The lowest BCUT2D eigenvalue weighted by atomic mass is 9.80. The number of fused-ring (bicyclic) bond motifs is 1. The van der Waals surface area contributed by atoms with E-state index in [1.54, 1.807) is 7.11 Å². The van der Waals surface area contributed by atoms with Gasteiger partial charge in [-0.3, -0.25) is 0 Å². The van der Waals surface area contributed by atoms with Crippen LogP contribution in [0.15, 0.2) is 65.9 Å². The number of ether oxygens (including phenoxy) is 2. The fourth-order valence-electron chi connectivity index (χ4n) is 4.86. The first-order valence-electron chi connectivity index (χ1n) is 12.2. The lowest BCUT2D eigenvalue weighted by molar-refractivity contribution is 0.0249. The highest BCUT2D eigenvalue weighted by molar-refractivity contribution is 5.69. The van der Waals surface area contributed by atoms with Gasteiger partial charge in [-0.05, 0) is 57.6 Å². The van der Waals surface area contributed by atoms with Crippen LogP contribution in [0.4, 0.5) is 4.79 Å². The van der Waals surface area contributed by atoms with E-state index in [0.717, 1.165) is 38.8 Å². The molecule has 1 amide bonds. The minimum absolute atomic E-state index is 0.194. The van der Waals surface area contributed by atoms with E-state index in [2.05, 4.69) is 59.7 Å². The van der Waals surface area contributed by atoms with Gasteiger partial charge in [0.15, 0.2) is 0 Å². The summed E-state index contributed by atoms with van der Waals surface area (Å²) in [5.74, 6) is 0.279. The number of allylic oxidation sites excluding steroid dienone is 2. The van der Waals surface area contributed by atoms with Gasteiger partial charge in [-0.25, -0.2) is 4.79 Å². The number of hydrogen-bond donors (Lipinski definition) is 0. The summed E-state index contributed by atoms with van der Waals surface area (Å²) in [6, 6.07) is 11.2. The monoisotopic (exact) mass is 450 g/mol.